The molecule has 4 nitrogen and oxygen atoms in total. The van der Waals surface area contributed by atoms with E-state index >= 15 is 0 Å². The van der Waals surface area contributed by atoms with E-state index in [1.165, 1.54) is 24.1 Å². The van der Waals surface area contributed by atoms with Gasteiger partial charge in [-0.1, -0.05) is 25.3 Å². The first-order valence-electron chi connectivity index (χ1n) is 7.90. The summed E-state index contributed by atoms with van der Waals surface area (Å²) in [7, 11) is -0.894. The van der Waals surface area contributed by atoms with Gasteiger partial charge in [-0.3, -0.25) is 4.21 Å². The molecule has 1 saturated carbocycles. The number of thiophene rings is 1. The number of hydrogen-bond donors (Lipinski definition) is 2. The fourth-order valence-corrected chi connectivity index (χ4v) is 5.01. The van der Waals surface area contributed by atoms with Crippen LogP contribution in [0.25, 0.3) is 0 Å². The molecule has 1 heterocycles. The average molecular weight is 343 g/mol. The molecule has 1 aromatic rings. The molecule has 1 aliphatic carbocycles. The monoisotopic (exact) mass is 342 g/mol. The Bertz CT molecular complexity index is 496. The van der Waals surface area contributed by atoms with Crippen LogP contribution < -0.4 is 10.6 Å². The first-order chi connectivity index (χ1) is 10.5. The summed E-state index contributed by atoms with van der Waals surface area (Å²) in [6.07, 6.45) is 7.69. The third kappa shape index (κ3) is 4.81. The maximum Gasteiger partial charge on any atom is 0.315 e. The van der Waals surface area contributed by atoms with Gasteiger partial charge in [0.1, 0.15) is 0 Å². The van der Waals surface area contributed by atoms with E-state index in [1.54, 1.807) is 17.6 Å². The summed E-state index contributed by atoms with van der Waals surface area (Å²) in [6.45, 7) is 2.57. The minimum atomic E-state index is -0.894. The Hall–Kier alpha value is -0.880. The lowest BCUT2D eigenvalue weighted by molar-refractivity contribution is 0.228. The van der Waals surface area contributed by atoms with Crippen LogP contribution in [-0.2, 0) is 16.2 Å². The predicted molar refractivity (Wildman–Crippen MR) is 94.0 cm³/mol. The van der Waals surface area contributed by atoms with Gasteiger partial charge in [0.15, 0.2) is 0 Å². The second-order valence-electron chi connectivity index (χ2n) is 6.29. The molecular weight excluding hydrogens is 316 g/mol. The summed E-state index contributed by atoms with van der Waals surface area (Å²) in [5, 5.41) is 8.03. The van der Waals surface area contributed by atoms with Crippen molar-refractivity contribution in [1.82, 2.24) is 10.6 Å². The highest BCUT2D eigenvalue weighted by Crippen LogP contribution is 2.40. The number of carbonyl (C=O) groups is 1. The molecule has 124 valence electrons. The highest BCUT2D eigenvalue weighted by Gasteiger charge is 2.35. The van der Waals surface area contributed by atoms with Crippen LogP contribution in [0.5, 0.6) is 0 Å². The van der Waals surface area contributed by atoms with E-state index in [4.69, 9.17) is 0 Å². The molecule has 0 saturated heterocycles. The molecule has 1 aliphatic rings. The zero-order valence-corrected chi connectivity index (χ0v) is 15.0. The molecule has 2 atom stereocenters. The molecule has 2 amide bonds. The second-order valence-corrected chi connectivity index (χ2v) is 8.71. The standard InChI is InChI=1S/C16H26N2O2S2/c1-13(11-22(2)20)18-15(19)17-12-16(8-4-3-5-9-16)14-7-6-10-21-14/h6-7,10,13H,3-5,8-9,11-12H2,1-2H3,(H2,17,18,19)/t13-,22-/m0/s1. The summed E-state index contributed by atoms with van der Waals surface area (Å²) in [5.74, 6) is 0.490. The molecule has 0 spiro atoms. The fourth-order valence-electron chi connectivity index (χ4n) is 3.24. The highest BCUT2D eigenvalue weighted by atomic mass is 32.2. The number of carbonyl (C=O) groups excluding carboxylic acids is 1. The third-order valence-corrected chi connectivity index (χ3v) is 6.39. The van der Waals surface area contributed by atoms with E-state index in [0.717, 1.165) is 12.8 Å². The van der Waals surface area contributed by atoms with Crippen molar-refractivity contribution in [3.05, 3.63) is 22.4 Å². The van der Waals surface area contributed by atoms with Gasteiger partial charge in [0, 0.05) is 45.7 Å². The Kier molecular flexibility index (Phi) is 6.44. The van der Waals surface area contributed by atoms with E-state index in [-0.39, 0.29) is 17.5 Å². The van der Waals surface area contributed by atoms with Crippen molar-refractivity contribution in [3.63, 3.8) is 0 Å². The zero-order valence-electron chi connectivity index (χ0n) is 13.4. The SMILES string of the molecule is C[C@@H](C[S@](C)=O)NC(=O)NCC1(c2cccs2)CCCCC1. The molecular formula is C16H26N2O2S2. The molecule has 2 N–H and O–H groups in total. The van der Waals surface area contributed by atoms with Gasteiger partial charge in [-0.2, -0.15) is 0 Å². The number of rotatable bonds is 6. The third-order valence-electron chi connectivity index (χ3n) is 4.30. The van der Waals surface area contributed by atoms with Gasteiger partial charge in [-0.05, 0) is 31.2 Å². The van der Waals surface area contributed by atoms with Crippen molar-refractivity contribution >= 4 is 28.2 Å². The number of amides is 2. The fraction of sp³-hybridized carbons (Fsp3) is 0.688. The smallest absolute Gasteiger partial charge is 0.315 e. The van der Waals surface area contributed by atoms with Gasteiger partial charge in [0.25, 0.3) is 0 Å². The molecule has 1 fully saturated rings. The van der Waals surface area contributed by atoms with Gasteiger partial charge < -0.3 is 10.6 Å². The maximum atomic E-state index is 12.1. The molecule has 0 unspecified atom stereocenters. The molecule has 0 aromatic carbocycles. The van der Waals surface area contributed by atoms with E-state index in [2.05, 4.69) is 28.1 Å². The minimum Gasteiger partial charge on any atom is -0.337 e. The lowest BCUT2D eigenvalue weighted by Crippen LogP contribution is -2.48. The Morgan fingerprint density at radius 1 is 1.41 bits per heavy atom. The molecule has 0 bridgehead atoms. The predicted octanol–water partition coefficient (Wildman–Crippen LogP) is 3.02. The Morgan fingerprint density at radius 2 is 2.14 bits per heavy atom. The van der Waals surface area contributed by atoms with Crippen molar-refractivity contribution in [2.24, 2.45) is 0 Å². The summed E-state index contributed by atoms with van der Waals surface area (Å²) in [5.41, 5.74) is 0.0978. The molecule has 6 heteroatoms. The summed E-state index contributed by atoms with van der Waals surface area (Å²) < 4.78 is 11.2. The number of urea groups is 1. The van der Waals surface area contributed by atoms with Crippen LogP contribution in [0, 0.1) is 0 Å². The summed E-state index contributed by atoms with van der Waals surface area (Å²) in [4.78, 5) is 13.5. The van der Waals surface area contributed by atoms with E-state index in [9.17, 15) is 9.00 Å². The van der Waals surface area contributed by atoms with Crippen LogP contribution in [0.4, 0.5) is 4.79 Å². The van der Waals surface area contributed by atoms with Crippen LogP contribution >= 0.6 is 11.3 Å². The van der Waals surface area contributed by atoms with E-state index in [1.807, 2.05) is 6.92 Å². The minimum absolute atomic E-state index is 0.0742. The Labute approximate surface area is 139 Å². The first kappa shape index (κ1) is 17.5. The van der Waals surface area contributed by atoms with Crippen molar-refractivity contribution in [2.75, 3.05) is 18.6 Å². The number of hydrogen-bond acceptors (Lipinski definition) is 3. The number of nitrogens with one attached hydrogen (secondary N) is 2. The van der Waals surface area contributed by atoms with Crippen molar-refractivity contribution in [2.45, 2.75) is 50.5 Å². The Balaban J connectivity index is 1.92. The zero-order chi connectivity index (χ0) is 16.0. The van der Waals surface area contributed by atoms with Crippen LogP contribution in [0.15, 0.2) is 17.5 Å². The van der Waals surface area contributed by atoms with Gasteiger partial charge >= 0.3 is 6.03 Å². The van der Waals surface area contributed by atoms with Crippen molar-refractivity contribution in [3.8, 4) is 0 Å². The molecule has 0 aliphatic heterocycles. The van der Waals surface area contributed by atoms with E-state index < -0.39 is 10.8 Å². The van der Waals surface area contributed by atoms with Crippen LogP contribution in [0.3, 0.4) is 0 Å². The van der Waals surface area contributed by atoms with Crippen molar-refractivity contribution in [1.29, 1.82) is 0 Å². The van der Waals surface area contributed by atoms with Crippen molar-refractivity contribution < 1.29 is 9.00 Å². The molecule has 0 radical (unpaired) electrons. The molecule has 1 aromatic heterocycles. The quantitative estimate of drug-likeness (QED) is 0.835. The summed E-state index contributed by atoms with van der Waals surface area (Å²) >= 11 is 1.79. The second kappa shape index (κ2) is 8.11. The lowest BCUT2D eigenvalue weighted by atomic mass is 9.73. The van der Waals surface area contributed by atoms with Crippen LogP contribution in [-0.4, -0.2) is 34.8 Å². The van der Waals surface area contributed by atoms with E-state index in [0.29, 0.717) is 12.3 Å². The first-order valence-corrected chi connectivity index (χ1v) is 10.5. The highest BCUT2D eigenvalue weighted by molar-refractivity contribution is 7.84. The summed E-state index contributed by atoms with van der Waals surface area (Å²) in [6, 6.07) is 4.06. The lowest BCUT2D eigenvalue weighted by Gasteiger charge is -2.37. The van der Waals surface area contributed by atoms with Gasteiger partial charge in [-0.25, -0.2) is 4.79 Å². The molecule has 22 heavy (non-hydrogen) atoms. The van der Waals surface area contributed by atoms with Gasteiger partial charge in [0.05, 0.1) is 0 Å². The van der Waals surface area contributed by atoms with Gasteiger partial charge in [-0.15, -0.1) is 11.3 Å². The topological polar surface area (TPSA) is 58.2 Å². The maximum absolute atomic E-state index is 12.1. The van der Waals surface area contributed by atoms with Crippen LogP contribution in [0.2, 0.25) is 0 Å². The normalized spacial score (nSPS) is 20.1. The largest absolute Gasteiger partial charge is 0.337 e. The van der Waals surface area contributed by atoms with Gasteiger partial charge in [0.2, 0.25) is 0 Å². The Morgan fingerprint density at radius 3 is 2.73 bits per heavy atom. The average Bonchev–Trinajstić information content (AvgIpc) is 3.00. The van der Waals surface area contributed by atoms with Crippen LogP contribution in [0.1, 0.15) is 43.9 Å². The molecule has 2 rings (SSSR count).